The van der Waals surface area contributed by atoms with E-state index in [-0.39, 0.29) is 21.4 Å². The highest BCUT2D eigenvalue weighted by Gasteiger charge is 2.64. The fourth-order valence-corrected chi connectivity index (χ4v) is 3.04. The molecule has 1 saturated carbocycles. The van der Waals surface area contributed by atoms with E-state index >= 15 is 0 Å². The fourth-order valence-electron chi connectivity index (χ4n) is 2.80. The Morgan fingerprint density at radius 3 is 2.37 bits per heavy atom. The first-order chi connectivity index (χ1) is 8.69. The highest BCUT2D eigenvalue weighted by molar-refractivity contribution is 6.31. The molecule has 0 saturated heterocycles. The molecule has 1 aromatic carbocycles. The number of hydrogen-bond donors (Lipinski definition) is 1. The van der Waals surface area contributed by atoms with Gasteiger partial charge in [0.25, 0.3) is 5.69 Å². The van der Waals surface area contributed by atoms with Crippen LogP contribution in [0.1, 0.15) is 33.3 Å². The molecule has 0 amide bonds. The smallest absolute Gasteiger partial charge is 0.275 e. The number of nitrogens with zero attached hydrogens (tertiary/aromatic N) is 1. The van der Waals surface area contributed by atoms with Crippen LogP contribution in [0.5, 0.6) is 0 Å². The third kappa shape index (κ3) is 2.23. The summed E-state index contributed by atoms with van der Waals surface area (Å²) in [6.45, 7) is 9.22. The molecule has 0 heterocycles. The van der Waals surface area contributed by atoms with Gasteiger partial charge in [0.05, 0.1) is 15.5 Å². The van der Waals surface area contributed by atoms with Crippen molar-refractivity contribution in [3.8, 4) is 0 Å². The fraction of sp³-hybridized carbons (Fsp3) is 0.571. The van der Waals surface area contributed by atoms with Crippen molar-refractivity contribution in [2.45, 2.75) is 40.3 Å². The average molecular weight is 283 g/mol. The Bertz CT molecular complexity index is 512. The van der Waals surface area contributed by atoms with Gasteiger partial charge in [-0.3, -0.25) is 10.1 Å². The minimum absolute atomic E-state index is 0.0799. The Morgan fingerprint density at radius 2 is 1.89 bits per heavy atom. The second kappa shape index (κ2) is 4.46. The Balaban J connectivity index is 2.16. The molecule has 1 fully saturated rings. The maximum absolute atomic E-state index is 11.0. The molecular weight excluding hydrogens is 264 g/mol. The topological polar surface area (TPSA) is 55.2 Å². The highest BCUT2D eigenvalue weighted by atomic mass is 35.5. The van der Waals surface area contributed by atoms with Crippen molar-refractivity contribution < 1.29 is 4.92 Å². The number of hydrogen-bond acceptors (Lipinski definition) is 3. The van der Waals surface area contributed by atoms with Gasteiger partial charge in [-0.25, -0.2) is 0 Å². The summed E-state index contributed by atoms with van der Waals surface area (Å²) in [5.41, 5.74) is 1.04. The molecule has 0 atom stereocenters. The van der Waals surface area contributed by atoms with Crippen molar-refractivity contribution in [3.63, 3.8) is 0 Å². The third-order valence-electron chi connectivity index (χ3n) is 4.79. The van der Waals surface area contributed by atoms with Crippen molar-refractivity contribution in [3.05, 3.63) is 38.9 Å². The van der Waals surface area contributed by atoms with Crippen molar-refractivity contribution in [2.24, 2.45) is 10.8 Å². The van der Waals surface area contributed by atoms with Crippen LogP contribution in [0.4, 0.5) is 5.69 Å². The second-order valence-corrected chi connectivity index (χ2v) is 6.66. The van der Waals surface area contributed by atoms with Crippen LogP contribution >= 0.6 is 11.6 Å². The lowest BCUT2D eigenvalue weighted by atomic mass is 10.0. The number of rotatable bonds is 4. The van der Waals surface area contributed by atoms with Crippen LogP contribution in [0, 0.1) is 20.9 Å². The molecule has 0 aromatic heterocycles. The first-order valence-electron chi connectivity index (χ1n) is 6.34. The zero-order chi connectivity index (χ0) is 14.4. The third-order valence-corrected chi connectivity index (χ3v) is 5.15. The summed E-state index contributed by atoms with van der Waals surface area (Å²) < 4.78 is 0. The lowest BCUT2D eigenvalue weighted by Gasteiger charge is -2.08. The zero-order valence-electron chi connectivity index (χ0n) is 11.7. The molecule has 1 N–H and O–H groups in total. The van der Waals surface area contributed by atoms with Gasteiger partial charge < -0.3 is 5.32 Å². The highest BCUT2D eigenvalue weighted by Crippen LogP contribution is 2.62. The van der Waals surface area contributed by atoms with Gasteiger partial charge in [-0.15, -0.1) is 0 Å². The van der Waals surface area contributed by atoms with Gasteiger partial charge in [-0.2, -0.15) is 0 Å². The van der Waals surface area contributed by atoms with Crippen molar-refractivity contribution >= 4 is 17.3 Å². The molecule has 0 unspecified atom stereocenters. The summed E-state index contributed by atoms with van der Waals surface area (Å²) in [6, 6.07) is 5.13. The zero-order valence-corrected chi connectivity index (χ0v) is 12.4. The molecule has 2 rings (SSSR count). The summed E-state index contributed by atoms with van der Waals surface area (Å²) in [5.74, 6) is 0. The van der Waals surface area contributed by atoms with Crippen LogP contribution in [-0.2, 0) is 6.54 Å². The maximum atomic E-state index is 11.0. The van der Waals surface area contributed by atoms with E-state index in [1.165, 1.54) is 6.07 Å². The molecular formula is C14H19ClN2O2. The van der Waals surface area contributed by atoms with E-state index < -0.39 is 0 Å². The van der Waals surface area contributed by atoms with Crippen LogP contribution in [0.3, 0.4) is 0 Å². The number of nitro groups is 1. The lowest BCUT2D eigenvalue weighted by molar-refractivity contribution is -0.385. The summed E-state index contributed by atoms with van der Waals surface area (Å²) >= 11 is 6.08. The Labute approximate surface area is 118 Å². The van der Waals surface area contributed by atoms with Gasteiger partial charge in [0.2, 0.25) is 0 Å². The van der Waals surface area contributed by atoms with Gasteiger partial charge in [-0.05, 0) is 16.9 Å². The van der Waals surface area contributed by atoms with Crippen LogP contribution in [0.15, 0.2) is 18.2 Å². The number of nitrogens with one attached hydrogen (secondary N) is 1. The molecule has 4 nitrogen and oxygen atoms in total. The quantitative estimate of drug-likeness (QED) is 0.675. The van der Waals surface area contributed by atoms with Crippen LogP contribution in [0.25, 0.3) is 0 Å². The van der Waals surface area contributed by atoms with E-state index in [2.05, 4.69) is 33.0 Å². The molecule has 0 spiro atoms. The molecule has 19 heavy (non-hydrogen) atoms. The molecule has 0 aliphatic heterocycles. The van der Waals surface area contributed by atoms with Gasteiger partial charge in [0.1, 0.15) is 0 Å². The Kier molecular flexibility index (Phi) is 3.35. The predicted molar refractivity (Wildman–Crippen MR) is 76.3 cm³/mol. The minimum Gasteiger partial charge on any atom is -0.308 e. The maximum Gasteiger partial charge on any atom is 0.275 e. The molecule has 1 aliphatic carbocycles. The summed E-state index contributed by atoms with van der Waals surface area (Å²) in [6.07, 6.45) is 0. The first-order valence-corrected chi connectivity index (χ1v) is 6.72. The van der Waals surface area contributed by atoms with E-state index in [9.17, 15) is 10.1 Å². The summed E-state index contributed by atoms with van der Waals surface area (Å²) in [5, 5.41) is 14.9. The number of benzene rings is 1. The van der Waals surface area contributed by atoms with Crippen molar-refractivity contribution in [2.75, 3.05) is 0 Å². The largest absolute Gasteiger partial charge is 0.308 e. The molecule has 5 heteroatoms. The van der Waals surface area contributed by atoms with E-state index in [4.69, 9.17) is 11.6 Å². The van der Waals surface area contributed by atoms with Crippen LogP contribution in [-0.4, -0.2) is 11.0 Å². The SMILES string of the molecule is CC1(C)C(NCc2c(Cl)cccc2[N+](=O)[O-])C1(C)C. The average Bonchev–Trinajstić information content (AvgIpc) is 2.68. The molecule has 1 aromatic rings. The Hall–Kier alpha value is -1.13. The van der Waals surface area contributed by atoms with Crippen LogP contribution in [0.2, 0.25) is 5.02 Å². The van der Waals surface area contributed by atoms with E-state index in [1.54, 1.807) is 12.1 Å². The molecule has 104 valence electrons. The van der Waals surface area contributed by atoms with Gasteiger partial charge in [-0.1, -0.05) is 45.4 Å². The molecule has 0 bridgehead atoms. The van der Waals surface area contributed by atoms with Gasteiger partial charge in [0.15, 0.2) is 0 Å². The normalized spacial score (nSPS) is 20.3. The minimum atomic E-state index is -0.383. The standard InChI is InChI=1S/C14H19ClN2O2/c1-13(2)12(14(13,3)4)16-8-9-10(15)6-5-7-11(9)17(18)19/h5-7,12,16H,8H2,1-4H3. The van der Waals surface area contributed by atoms with E-state index in [0.717, 1.165) is 0 Å². The number of nitro benzene ring substituents is 1. The first kappa shape index (κ1) is 14.3. The van der Waals surface area contributed by atoms with Gasteiger partial charge in [0, 0.05) is 18.7 Å². The second-order valence-electron chi connectivity index (χ2n) is 6.25. The Morgan fingerprint density at radius 1 is 1.32 bits per heavy atom. The molecule has 1 aliphatic rings. The van der Waals surface area contributed by atoms with E-state index in [1.807, 2.05) is 0 Å². The number of halogens is 1. The predicted octanol–water partition coefficient (Wildman–Crippen LogP) is 3.77. The monoisotopic (exact) mass is 282 g/mol. The van der Waals surface area contributed by atoms with Gasteiger partial charge >= 0.3 is 0 Å². The summed E-state index contributed by atoms with van der Waals surface area (Å²) in [7, 11) is 0. The summed E-state index contributed by atoms with van der Waals surface area (Å²) in [4.78, 5) is 10.6. The molecule has 0 radical (unpaired) electrons. The van der Waals surface area contributed by atoms with Crippen molar-refractivity contribution in [1.82, 2.24) is 5.32 Å². The van der Waals surface area contributed by atoms with Crippen molar-refractivity contribution in [1.29, 1.82) is 0 Å². The lowest BCUT2D eigenvalue weighted by Crippen LogP contribution is -2.22. The van der Waals surface area contributed by atoms with E-state index in [0.29, 0.717) is 23.2 Å². The van der Waals surface area contributed by atoms with Crippen LogP contribution < -0.4 is 5.32 Å².